The number of nitrogens with zero attached hydrogens (tertiary/aromatic N) is 2. The van der Waals surface area contributed by atoms with Crippen molar-refractivity contribution in [1.29, 1.82) is 0 Å². The monoisotopic (exact) mass is 329 g/mol. The van der Waals surface area contributed by atoms with E-state index in [1.54, 1.807) is 6.33 Å². The van der Waals surface area contributed by atoms with Crippen molar-refractivity contribution in [3.8, 4) is 0 Å². The molecule has 7 heteroatoms. The summed E-state index contributed by atoms with van der Waals surface area (Å²) in [4.78, 5) is 9.60. The van der Waals surface area contributed by atoms with E-state index in [4.69, 9.17) is 13.3 Å². The molecule has 1 heterocycles. The predicted molar refractivity (Wildman–Crippen MR) is 89.6 cm³/mol. The zero-order chi connectivity index (χ0) is 16.3. The number of imidazole rings is 1. The lowest BCUT2D eigenvalue weighted by Gasteiger charge is -2.29. The Bertz CT molecular complexity index is 359. The van der Waals surface area contributed by atoms with Gasteiger partial charge in [0.15, 0.2) is 0 Å². The first-order chi connectivity index (χ1) is 10.7. The van der Waals surface area contributed by atoms with E-state index in [9.17, 15) is 0 Å². The maximum absolute atomic E-state index is 5.89. The summed E-state index contributed by atoms with van der Waals surface area (Å²) in [6, 6.07) is 0.863. The highest BCUT2D eigenvalue weighted by atomic mass is 28.4. The third-order valence-corrected chi connectivity index (χ3v) is 6.60. The zero-order valence-electron chi connectivity index (χ0n) is 14.4. The van der Waals surface area contributed by atoms with Crippen LogP contribution in [0.5, 0.6) is 0 Å². The highest BCUT2D eigenvalue weighted by molar-refractivity contribution is 6.60. The minimum absolute atomic E-state index is 0.637. The first kappa shape index (κ1) is 19.3. The molecule has 1 rings (SSSR count). The van der Waals surface area contributed by atoms with Gasteiger partial charge in [-0.15, -0.1) is 0 Å². The molecule has 0 aliphatic heterocycles. The summed E-state index contributed by atoms with van der Waals surface area (Å²) >= 11 is 0. The third-order valence-electron chi connectivity index (χ3n) is 3.45. The molecule has 1 N–H and O–H groups in total. The van der Waals surface area contributed by atoms with Gasteiger partial charge in [-0.05, 0) is 40.3 Å². The van der Waals surface area contributed by atoms with Crippen LogP contribution in [0.2, 0.25) is 6.04 Å². The normalized spacial score (nSPS) is 12.2. The Labute approximate surface area is 135 Å². The van der Waals surface area contributed by atoms with Crippen molar-refractivity contribution in [3.05, 3.63) is 18.2 Å². The van der Waals surface area contributed by atoms with Crippen molar-refractivity contribution < 1.29 is 13.3 Å². The van der Waals surface area contributed by atoms with Crippen molar-refractivity contribution in [2.45, 2.75) is 46.7 Å². The van der Waals surface area contributed by atoms with Crippen LogP contribution in [0.15, 0.2) is 12.5 Å². The number of hydrogen-bond donors (Lipinski definition) is 1. The van der Waals surface area contributed by atoms with Crippen LogP contribution < -0.4 is 0 Å². The molecule has 22 heavy (non-hydrogen) atoms. The summed E-state index contributed by atoms with van der Waals surface area (Å²) < 4.78 is 17.7. The summed E-state index contributed by atoms with van der Waals surface area (Å²) in [6.07, 6.45) is 4.61. The molecule has 1 aromatic rings. The molecule has 128 valence electrons. The Balaban J connectivity index is 2.48. The Morgan fingerprint density at radius 3 is 2.18 bits per heavy atom. The standard InChI is InChI=1S/C15H31N3O3Si/c1-5-18(13-15-12-16-14-17-15)10-9-11-22(19-6-2,20-7-3)21-8-4/h12,14H,5-11,13H2,1-4H3,(H,16,17). The van der Waals surface area contributed by atoms with Gasteiger partial charge < -0.3 is 18.3 Å². The second-order valence-corrected chi connectivity index (χ2v) is 7.76. The van der Waals surface area contributed by atoms with Gasteiger partial charge in [0.05, 0.1) is 6.33 Å². The summed E-state index contributed by atoms with van der Waals surface area (Å²) in [6.45, 7) is 13.0. The van der Waals surface area contributed by atoms with Gasteiger partial charge in [0.1, 0.15) is 0 Å². The number of aromatic nitrogens is 2. The average molecular weight is 330 g/mol. The molecule has 1 aromatic heterocycles. The fourth-order valence-electron chi connectivity index (χ4n) is 2.48. The molecule has 0 radical (unpaired) electrons. The summed E-state index contributed by atoms with van der Waals surface area (Å²) in [5.74, 6) is 0. The van der Waals surface area contributed by atoms with Crippen LogP contribution in [0.4, 0.5) is 0 Å². The van der Waals surface area contributed by atoms with E-state index >= 15 is 0 Å². The molecular formula is C15H31N3O3Si. The molecule has 0 aliphatic rings. The van der Waals surface area contributed by atoms with E-state index in [0.717, 1.165) is 37.8 Å². The van der Waals surface area contributed by atoms with Gasteiger partial charge in [0, 0.05) is 44.3 Å². The third kappa shape index (κ3) is 6.58. The maximum Gasteiger partial charge on any atom is 0.500 e. The van der Waals surface area contributed by atoms with Crippen LogP contribution in [0.25, 0.3) is 0 Å². The van der Waals surface area contributed by atoms with Crippen LogP contribution in [-0.2, 0) is 19.8 Å². The number of aromatic amines is 1. The maximum atomic E-state index is 5.89. The second kappa shape index (κ2) is 10.9. The zero-order valence-corrected chi connectivity index (χ0v) is 15.4. The van der Waals surface area contributed by atoms with Crippen LogP contribution in [0.1, 0.15) is 39.8 Å². The molecule has 0 aliphatic carbocycles. The molecule has 0 atom stereocenters. The number of rotatable bonds is 13. The summed E-state index contributed by atoms with van der Waals surface area (Å²) in [5.41, 5.74) is 1.14. The highest BCUT2D eigenvalue weighted by Crippen LogP contribution is 2.18. The molecule has 0 spiro atoms. The Morgan fingerprint density at radius 1 is 1.09 bits per heavy atom. The molecule has 0 saturated carbocycles. The molecule has 0 saturated heterocycles. The fraction of sp³-hybridized carbons (Fsp3) is 0.800. The Hall–Kier alpha value is -0.733. The molecule has 0 fully saturated rings. The lowest BCUT2D eigenvalue weighted by molar-refractivity contribution is 0.0698. The summed E-state index contributed by atoms with van der Waals surface area (Å²) in [7, 11) is -2.50. The number of nitrogens with one attached hydrogen (secondary N) is 1. The Kier molecular flexibility index (Phi) is 9.57. The number of H-pyrrole nitrogens is 1. The van der Waals surface area contributed by atoms with E-state index in [1.165, 1.54) is 0 Å². The first-order valence-electron chi connectivity index (χ1n) is 8.31. The van der Waals surface area contributed by atoms with Gasteiger partial charge in [0.25, 0.3) is 0 Å². The average Bonchev–Trinajstić information content (AvgIpc) is 3.00. The second-order valence-electron chi connectivity index (χ2n) is 5.03. The highest BCUT2D eigenvalue weighted by Gasteiger charge is 2.39. The van der Waals surface area contributed by atoms with E-state index in [1.807, 2.05) is 27.0 Å². The SMILES string of the molecule is CCO[Si](CCCN(CC)Cc1cnc[nH]1)(OCC)OCC. The molecule has 0 amide bonds. The van der Waals surface area contributed by atoms with Gasteiger partial charge in [-0.2, -0.15) is 0 Å². The lowest BCUT2D eigenvalue weighted by atomic mass is 10.3. The van der Waals surface area contributed by atoms with Gasteiger partial charge in [0.2, 0.25) is 0 Å². The van der Waals surface area contributed by atoms with E-state index in [2.05, 4.69) is 21.8 Å². The van der Waals surface area contributed by atoms with Crippen LogP contribution in [0.3, 0.4) is 0 Å². The summed E-state index contributed by atoms with van der Waals surface area (Å²) in [5, 5.41) is 0. The van der Waals surface area contributed by atoms with Gasteiger partial charge >= 0.3 is 8.80 Å². The van der Waals surface area contributed by atoms with Crippen molar-refractivity contribution >= 4 is 8.80 Å². The van der Waals surface area contributed by atoms with Gasteiger partial charge in [-0.25, -0.2) is 4.98 Å². The molecule has 6 nitrogen and oxygen atoms in total. The van der Waals surface area contributed by atoms with Gasteiger partial charge in [-0.1, -0.05) is 6.92 Å². The van der Waals surface area contributed by atoms with Crippen molar-refractivity contribution in [1.82, 2.24) is 14.9 Å². The molecule has 0 aromatic carbocycles. The number of hydrogen-bond acceptors (Lipinski definition) is 5. The van der Waals surface area contributed by atoms with Crippen LogP contribution in [0, 0.1) is 0 Å². The quantitative estimate of drug-likeness (QED) is 0.564. The Morgan fingerprint density at radius 2 is 1.73 bits per heavy atom. The topological polar surface area (TPSA) is 59.6 Å². The molecule has 0 bridgehead atoms. The van der Waals surface area contributed by atoms with Crippen molar-refractivity contribution in [2.75, 3.05) is 32.9 Å². The first-order valence-corrected chi connectivity index (χ1v) is 10.2. The van der Waals surface area contributed by atoms with Gasteiger partial charge in [-0.3, -0.25) is 4.90 Å². The smallest absolute Gasteiger partial charge is 0.374 e. The minimum atomic E-state index is -2.50. The molecular weight excluding hydrogens is 298 g/mol. The molecule has 0 unspecified atom stereocenters. The van der Waals surface area contributed by atoms with Crippen molar-refractivity contribution in [2.24, 2.45) is 0 Å². The minimum Gasteiger partial charge on any atom is -0.374 e. The van der Waals surface area contributed by atoms with E-state index in [-0.39, 0.29) is 0 Å². The predicted octanol–water partition coefficient (Wildman–Crippen LogP) is 2.67. The van der Waals surface area contributed by atoms with Crippen molar-refractivity contribution in [3.63, 3.8) is 0 Å². The van der Waals surface area contributed by atoms with Crippen LogP contribution in [-0.4, -0.2) is 56.6 Å². The van der Waals surface area contributed by atoms with Crippen LogP contribution >= 0.6 is 0 Å². The van der Waals surface area contributed by atoms with E-state index in [0.29, 0.717) is 19.8 Å². The largest absolute Gasteiger partial charge is 0.500 e. The fourth-order valence-corrected chi connectivity index (χ4v) is 5.08. The lowest BCUT2D eigenvalue weighted by Crippen LogP contribution is -2.46. The van der Waals surface area contributed by atoms with E-state index < -0.39 is 8.80 Å².